The molecule has 4 aromatic heterocycles. The Morgan fingerprint density at radius 2 is 0.703 bits per heavy atom. The molecule has 0 spiro atoms. The third-order valence-electron chi connectivity index (χ3n) is 28.0. The van der Waals surface area contributed by atoms with Gasteiger partial charge < -0.3 is 108 Å². The molecule has 8 aliphatic heterocycles. The van der Waals surface area contributed by atoms with Gasteiger partial charge in [0.05, 0.1) is 55.6 Å². The lowest BCUT2D eigenvalue weighted by atomic mass is 9.96. The Labute approximate surface area is 847 Å². The van der Waals surface area contributed by atoms with E-state index < -0.39 is 0 Å². The second kappa shape index (κ2) is 46.0. The van der Waals surface area contributed by atoms with Gasteiger partial charge in [-0.05, 0) is 158 Å². The maximum Gasteiger partial charge on any atom is 0.318 e. The van der Waals surface area contributed by atoms with Crippen molar-refractivity contribution < 1.29 is 53.8 Å². The number of piperazine rings is 4. The van der Waals surface area contributed by atoms with Crippen LogP contribution in [0.1, 0.15) is 65.3 Å². The van der Waals surface area contributed by atoms with Crippen molar-refractivity contribution in [1.82, 2.24) is 74.2 Å². The van der Waals surface area contributed by atoms with Crippen LogP contribution in [0, 0.1) is 0 Å². The van der Waals surface area contributed by atoms with Crippen molar-refractivity contribution in [2.45, 2.75) is 84.3 Å². The van der Waals surface area contributed by atoms with Crippen LogP contribution < -0.4 is 53.4 Å². The molecule has 8 aliphatic rings. The molecule has 0 radical (unpaired) electrons. The first kappa shape index (κ1) is 101. The van der Waals surface area contributed by atoms with Gasteiger partial charge in [-0.1, -0.05) is 123 Å². The zero-order valence-electron chi connectivity index (χ0n) is 84.5. The summed E-state index contributed by atoms with van der Waals surface area (Å²) >= 11 is 0. The van der Waals surface area contributed by atoms with E-state index in [9.17, 15) is 39.6 Å². The predicted molar refractivity (Wildman–Crippen MR) is 572 cm³/mol. The number of amides is 4. The molecule has 4 fully saturated rings. The average molecular weight is 1970 g/mol. The topological polar surface area (TPSA) is 329 Å². The quantitative estimate of drug-likeness (QED) is 0.0305. The van der Waals surface area contributed by atoms with Crippen molar-refractivity contribution in [1.29, 1.82) is 0 Å². The fourth-order valence-electron chi connectivity index (χ4n) is 20.6. The first-order valence-electron chi connectivity index (χ1n) is 50.1. The van der Waals surface area contributed by atoms with Gasteiger partial charge in [0.2, 0.25) is 23.6 Å². The molecule has 4 amide bonds. The summed E-state index contributed by atoms with van der Waals surface area (Å²) in [5.74, 6) is 4.59. The minimum atomic E-state index is -0.0762. The molecule has 145 heavy (non-hydrogen) atoms. The van der Waals surface area contributed by atoms with Crippen molar-refractivity contribution in [3.63, 3.8) is 0 Å². The zero-order chi connectivity index (χ0) is 102. The number of carbonyl (C=O) groups is 4. The molecule has 4 saturated heterocycles. The molecule has 20 rings (SSSR count). The molecule has 12 heterocycles. The lowest BCUT2D eigenvalue weighted by Crippen LogP contribution is -2.49. The molecular formula is C111H133N23O11. The molecule has 0 bridgehead atoms. The van der Waals surface area contributed by atoms with Gasteiger partial charge in [0.25, 0.3) is 0 Å². The van der Waals surface area contributed by atoms with E-state index >= 15 is 0 Å². The first-order valence-corrected chi connectivity index (χ1v) is 50.1. The van der Waals surface area contributed by atoms with Gasteiger partial charge in [-0.15, -0.1) is 0 Å². The predicted octanol–water partition coefficient (Wildman–Crippen LogP) is 11.9. The number of nitrogens with zero attached hydrogens (tertiary/aromatic N) is 23. The third kappa shape index (κ3) is 23.8. The Morgan fingerprint density at radius 1 is 0.372 bits per heavy atom. The van der Waals surface area contributed by atoms with E-state index in [-0.39, 0.29) is 58.8 Å². The number of phenolic OH excluding ortho intramolecular Hbond substituents is 4. The van der Waals surface area contributed by atoms with Crippen LogP contribution in [-0.4, -0.2) is 330 Å². The fourth-order valence-corrected chi connectivity index (χ4v) is 20.6. The Hall–Kier alpha value is -15.2. The number of hydrogen-bond donors (Lipinski definition) is 4. The first-order chi connectivity index (χ1) is 70.2. The van der Waals surface area contributed by atoms with E-state index in [0.717, 1.165) is 213 Å². The van der Waals surface area contributed by atoms with E-state index in [0.29, 0.717) is 149 Å². The molecule has 12 aromatic rings. The van der Waals surface area contributed by atoms with Gasteiger partial charge in [-0.2, -0.15) is 29.9 Å². The second-order valence-electron chi connectivity index (χ2n) is 38.7. The van der Waals surface area contributed by atoms with Crippen LogP contribution in [0.5, 0.6) is 41.0 Å². The maximum absolute atomic E-state index is 12.1. The highest BCUT2D eigenvalue weighted by atomic mass is 16.5. The second-order valence-corrected chi connectivity index (χ2v) is 38.7. The number of hydrogen-bond acceptors (Lipinski definition) is 30. The number of benzene rings is 8. The number of likely N-dealkylation sites (N-methyl/N-ethyl adjacent to an activating group) is 2. The number of phenols is 4. The van der Waals surface area contributed by atoms with Crippen LogP contribution in [0.25, 0.3) is 43.1 Å². The van der Waals surface area contributed by atoms with Crippen molar-refractivity contribution in [2.75, 3.05) is 239 Å². The number of fused-ring (bicyclic) bond motifs is 8. The average Bonchev–Trinajstić information content (AvgIpc) is 0.776. The van der Waals surface area contributed by atoms with Crippen LogP contribution in [0.3, 0.4) is 0 Å². The zero-order valence-corrected chi connectivity index (χ0v) is 84.5. The van der Waals surface area contributed by atoms with Gasteiger partial charge >= 0.3 is 18.0 Å². The number of aromatic nitrogens is 8. The lowest BCUT2D eigenvalue weighted by molar-refractivity contribution is -0.127. The molecule has 2 atom stereocenters. The summed E-state index contributed by atoms with van der Waals surface area (Å²) in [5.41, 5.74) is 12.4. The molecule has 34 nitrogen and oxygen atoms in total. The highest BCUT2D eigenvalue weighted by Crippen LogP contribution is 2.44. The van der Waals surface area contributed by atoms with E-state index in [1.165, 1.54) is 29.9 Å². The molecule has 2 unspecified atom stereocenters. The molecule has 34 heteroatoms. The Balaban J connectivity index is 0.000000133. The lowest BCUT2D eigenvalue weighted by Gasteiger charge is -2.40. The van der Waals surface area contributed by atoms with Crippen molar-refractivity contribution in [3.8, 4) is 41.0 Å². The highest BCUT2D eigenvalue weighted by molar-refractivity contribution is 6.00. The van der Waals surface area contributed by atoms with E-state index in [4.69, 9.17) is 44.1 Å². The Kier molecular flexibility index (Phi) is 32.2. The van der Waals surface area contributed by atoms with Crippen molar-refractivity contribution in [3.05, 3.63) is 248 Å². The normalized spacial score (nSPS) is 16.5. The monoisotopic (exact) mass is 1960 g/mol. The van der Waals surface area contributed by atoms with Gasteiger partial charge in [0.1, 0.15) is 65.3 Å². The van der Waals surface area contributed by atoms with Gasteiger partial charge in [0.15, 0.2) is 0 Å². The number of carbonyl (C=O) groups excluding carboxylic acids is 4. The summed E-state index contributed by atoms with van der Waals surface area (Å²) in [6, 6.07) is 48.4. The largest absolute Gasteiger partial charge is 0.508 e. The van der Waals surface area contributed by atoms with Gasteiger partial charge in [-0.25, -0.2) is 9.97 Å². The molecule has 758 valence electrons. The minimum Gasteiger partial charge on any atom is -0.508 e. The SMILES string of the molecule is C=CC(=O)N1CCN(c2nc(OC(C)CN(C)C)nc3c2CCN(c2cc(O)cc4ccccc24)C3)CC1.C=CC(=O)N1CCN(c2nc(OCCCN(C)C)nc3c2CCN(c2cc(O)cc4ccccc24)C3)CC1.C=CC(=O)N1CCN(c2nc(OCCN(C)C)nc3c2CCN(c2cc(O)cc4ccccc24)C3)CC1.C=CC(=O)N1CCN(c2ncnc3c2CC(C)N(c2cc(O)cc4ccccc24)C3)CC1. The third-order valence-corrected chi connectivity index (χ3v) is 28.0. The Bertz CT molecular complexity index is 6730. The molecule has 8 aromatic carbocycles. The summed E-state index contributed by atoms with van der Waals surface area (Å²) in [4.78, 5) is 118. The molecule has 0 saturated carbocycles. The number of ether oxygens (including phenoxy) is 3. The van der Waals surface area contributed by atoms with Crippen LogP contribution in [0.4, 0.5) is 46.0 Å². The summed E-state index contributed by atoms with van der Waals surface area (Å²) in [6.07, 6.45) is 11.1. The fraction of sp³-hybridized carbons (Fsp3) is 0.387. The highest BCUT2D eigenvalue weighted by Gasteiger charge is 2.37. The summed E-state index contributed by atoms with van der Waals surface area (Å²) < 4.78 is 18.2. The van der Waals surface area contributed by atoms with Crippen LogP contribution in [0.2, 0.25) is 0 Å². The van der Waals surface area contributed by atoms with Crippen LogP contribution in [-0.2, 0) is 71.0 Å². The minimum absolute atomic E-state index is 0.0167. The smallest absolute Gasteiger partial charge is 0.318 e. The standard InChI is InChI=1S/2C29H36N6O3.C28H34N6O3.C25H27N5O2/c1-5-27(37)33-12-14-34(15-13-33)28-24-10-11-35(26-17-22(36)16-21-8-6-7-9-23(21)26)19-25(24)30-29(31-28)38-20(2)18-32(3)4;1-4-27(37)33-13-15-34(16-14-33)28-24-10-12-35(26-19-22(36)18-21-8-5-6-9-23(21)26)20-25(24)30-29(31-28)38-17-7-11-32(2)3;1-4-26(36)32-11-13-33(14-12-32)27-23-9-10-34(19-24(23)29-28(30-27)37-16-15-31(2)3)25-18-21(35)17-20-7-5-6-8-22(20)25;1-3-24(32)28-8-10-29(11-9-28)25-21-12-17(2)30(15-22(21)26-16-27-25)23-14-19(31)13-18-6-4-5-7-20(18)23/h5-9,16-17,20,36H,1,10-15,18-19H2,2-4H3;4-6,8-9,18-19,36H,1,7,10-17,20H2,2-3H3;4-8,17-18,35H,1,9-16,19H2,2-3H3;3-7,13-14,16-17,31H,1,8-12,15H2,2H3. The number of anilines is 8. The van der Waals surface area contributed by atoms with E-state index in [1.807, 2.05) is 166 Å². The summed E-state index contributed by atoms with van der Waals surface area (Å²) in [7, 11) is 12.1. The van der Waals surface area contributed by atoms with Crippen LogP contribution in [0.15, 0.2) is 203 Å². The van der Waals surface area contributed by atoms with E-state index in [1.54, 1.807) is 30.6 Å². The Morgan fingerprint density at radius 3 is 1.06 bits per heavy atom. The summed E-state index contributed by atoms with van der Waals surface area (Å²) in [5, 5.41) is 50.0. The number of aromatic hydroxyl groups is 4. The molecule has 0 aliphatic carbocycles. The molecular weight excluding hydrogens is 1830 g/mol. The summed E-state index contributed by atoms with van der Waals surface area (Å²) in [6.45, 7) is 37.7. The van der Waals surface area contributed by atoms with E-state index in [2.05, 4.69) is 121 Å². The molecule has 4 N–H and O–H groups in total. The van der Waals surface area contributed by atoms with Crippen LogP contribution >= 0.6 is 0 Å². The van der Waals surface area contributed by atoms with Gasteiger partial charge in [-0.3, -0.25) is 19.2 Å². The van der Waals surface area contributed by atoms with Gasteiger partial charge in [0, 0.05) is 241 Å². The number of rotatable bonds is 25. The maximum atomic E-state index is 12.1. The van der Waals surface area contributed by atoms with Crippen molar-refractivity contribution >= 4 is 113 Å². The van der Waals surface area contributed by atoms with Crippen molar-refractivity contribution in [2.24, 2.45) is 0 Å².